The molecule has 0 saturated carbocycles. The second-order valence-electron chi connectivity index (χ2n) is 4.33. The summed E-state index contributed by atoms with van der Waals surface area (Å²) in [5.41, 5.74) is 6.36. The number of hydrogen-bond acceptors (Lipinski definition) is 4. The molecule has 0 bridgehead atoms. The van der Waals surface area contributed by atoms with E-state index in [1.807, 2.05) is 54.6 Å². The van der Waals surface area contributed by atoms with Gasteiger partial charge in [-0.1, -0.05) is 29.4 Å². The van der Waals surface area contributed by atoms with Gasteiger partial charge in [0.1, 0.15) is 11.5 Å². The minimum atomic E-state index is -0.271. The number of oxime groups is 1. The molecule has 2 aromatic rings. The number of rotatable bonds is 5. The van der Waals surface area contributed by atoms with Gasteiger partial charge in [-0.15, -0.1) is 0 Å². The van der Waals surface area contributed by atoms with Gasteiger partial charge >= 0.3 is 0 Å². The Morgan fingerprint density at radius 3 is 2.55 bits per heavy atom. The van der Waals surface area contributed by atoms with Gasteiger partial charge < -0.3 is 21.0 Å². The maximum absolute atomic E-state index is 8.63. The highest BCUT2D eigenvalue weighted by Gasteiger charge is 2.07. The van der Waals surface area contributed by atoms with Gasteiger partial charge in [-0.2, -0.15) is 0 Å². The summed E-state index contributed by atoms with van der Waals surface area (Å²) in [6.45, 7) is 1.81. The summed E-state index contributed by atoms with van der Waals surface area (Å²) < 4.78 is 5.74. The monoisotopic (exact) mass is 271 g/mol. The molecule has 1 atom stereocenters. The Morgan fingerprint density at radius 2 is 1.85 bits per heavy atom. The summed E-state index contributed by atoms with van der Waals surface area (Å²) >= 11 is 0. The normalized spacial score (nSPS) is 12.8. The number of nitrogens with one attached hydrogen (secondary N) is 1. The van der Waals surface area contributed by atoms with E-state index in [0.29, 0.717) is 5.75 Å². The molecule has 0 aliphatic heterocycles. The first kappa shape index (κ1) is 13.7. The molecule has 0 radical (unpaired) electrons. The van der Waals surface area contributed by atoms with Crippen molar-refractivity contribution in [3.63, 3.8) is 0 Å². The van der Waals surface area contributed by atoms with E-state index >= 15 is 0 Å². The summed E-state index contributed by atoms with van der Waals surface area (Å²) in [4.78, 5) is 0. The second-order valence-corrected chi connectivity index (χ2v) is 4.33. The van der Waals surface area contributed by atoms with Crippen molar-refractivity contribution in [1.29, 1.82) is 0 Å². The largest absolute Gasteiger partial charge is 0.457 e. The van der Waals surface area contributed by atoms with Crippen molar-refractivity contribution >= 4 is 11.5 Å². The van der Waals surface area contributed by atoms with Gasteiger partial charge in [0, 0.05) is 11.8 Å². The van der Waals surface area contributed by atoms with E-state index < -0.39 is 0 Å². The maximum atomic E-state index is 8.63. The van der Waals surface area contributed by atoms with E-state index in [4.69, 9.17) is 15.7 Å². The smallest absolute Gasteiger partial charge is 0.161 e. The minimum Gasteiger partial charge on any atom is -0.457 e. The lowest BCUT2D eigenvalue weighted by Gasteiger charge is -2.14. The molecule has 0 aliphatic carbocycles. The molecular weight excluding hydrogens is 254 g/mol. The van der Waals surface area contributed by atoms with E-state index in [0.717, 1.165) is 11.4 Å². The molecule has 5 heteroatoms. The van der Waals surface area contributed by atoms with Crippen molar-refractivity contribution in [2.24, 2.45) is 10.9 Å². The van der Waals surface area contributed by atoms with E-state index in [1.165, 1.54) is 0 Å². The zero-order valence-electron chi connectivity index (χ0n) is 11.2. The van der Waals surface area contributed by atoms with E-state index in [9.17, 15) is 0 Å². The number of amidine groups is 1. The molecular formula is C15H17N3O2. The molecule has 0 spiro atoms. The van der Waals surface area contributed by atoms with Crippen LogP contribution in [0.25, 0.3) is 0 Å². The molecule has 4 N–H and O–H groups in total. The van der Waals surface area contributed by atoms with E-state index in [1.54, 1.807) is 6.92 Å². The van der Waals surface area contributed by atoms with Crippen LogP contribution in [0.1, 0.15) is 6.92 Å². The van der Waals surface area contributed by atoms with Gasteiger partial charge in [0.05, 0.1) is 6.04 Å². The van der Waals surface area contributed by atoms with Crippen molar-refractivity contribution in [2.45, 2.75) is 13.0 Å². The lowest BCUT2D eigenvalue weighted by molar-refractivity contribution is 0.316. The molecule has 104 valence electrons. The highest BCUT2D eigenvalue weighted by atomic mass is 16.5. The zero-order chi connectivity index (χ0) is 14.4. The highest BCUT2D eigenvalue weighted by molar-refractivity contribution is 5.87. The molecule has 0 saturated heterocycles. The predicted molar refractivity (Wildman–Crippen MR) is 79.5 cm³/mol. The summed E-state index contributed by atoms with van der Waals surface area (Å²) in [6.07, 6.45) is 0. The van der Waals surface area contributed by atoms with E-state index in [2.05, 4.69) is 10.5 Å². The third kappa shape index (κ3) is 3.65. The average molecular weight is 271 g/mol. The van der Waals surface area contributed by atoms with Gasteiger partial charge in [0.25, 0.3) is 0 Å². The van der Waals surface area contributed by atoms with Crippen LogP contribution in [0.2, 0.25) is 0 Å². The number of nitrogens with two attached hydrogens (primary N) is 1. The quantitative estimate of drug-likeness (QED) is 0.338. The van der Waals surface area contributed by atoms with Crippen LogP contribution in [-0.2, 0) is 0 Å². The number of ether oxygens (including phenoxy) is 1. The summed E-state index contributed by atoms with van der Waals surface area (Å²) in [7, 11) is 0. The third-order valence-electron chi connectivity index (χ3n) is 2.76. The Bertz CT molecular complexity index is 585. The van der Waals surface area contributed by atoms with Crippen molar-refractivity contribution < 1.29 is 9.94 Å². The van der Waals surface area contributed by atoms with Crippen molar-refractivity contribution in [3.05, 3.63) is 54.6 Å². The summed E-state index contributed by atoms with van der Waals surface area (Å²) in [5.74, 6) is 1.61. The number of hydrogen-bond donors (Lipinski definition) is 3. The highest BCUT2D eigenvalue weighted by Crippen LogP contribution is 2.24. The first-order valence-electron chi connectivity index (χ1n) is 6.26. The number of para-hydroxylation sites is 1. The van der Waals surface area contributed by atoms with Crippen LogP contribution >= 0.6 is 0 Å². The lowest BCUT2D eigenvalue weighted by atomic mass is 10.2. The van der Waals surface area contributed by atoms with Crippen LogP contribution < -0.4 is 15.8 Å². The van der Waals surface area contributed by atoms with Crippen LogP contribution in [0.5, 0.6) is 11.5 Å². The Kier molecular flexibility index (Phi) is 4.44. The Morgan fingerprint density at radius 1 is 1.15 bits per heavy atom. The molecule has 1 unspecified atom stereocenters. The summed E-state index contributed by atoms with van der Waals surface area (Å²) in [6, 6.07) is 16.8. The van der Waals surface area contributed by atoms with Gasteiger partial charge in [0.15, 0.2) is 5.84 Å². The molecule has 0 aliphatic rings. The van der Waals surface area contributed by atoms with Crippen LogP contribution in [0.3, 0.4) is 0 Å². The first-order valence-corrected chi connectivity index (χ1v) is 6.26. The van der Waals surface area contributed by atoms with Crippen LogP contribution in [0, 0.1) is 0 Å². The van der Waals surface area contributed by atoms with Crippen molar-refractivity contribution in [2.75, 3.05) is 5.32 Å². The molecule has 2 aromatic carbocycles. The van der Waals surface area contributed by atoms with Gasteiger partial charge in [-0.3, -0.25) is 0 Å². The predicted octanol–water partition coefficient (Wildman–Crippen LogP) is 3.03. The number of benzene rings is 2. The maximum Gasteiger partial charge on any atom is 0.161 e. The third-order valence-corrected chi connectivity index (χ3v) is 2.76. The fourth-order valence-electron chi connectivity index (χ4n) is 1.68. The van der Waals surface area contributed by atoms with Gasteiger partial charge in [-0.05, 0) is 31.2 Å². The Balaban J connectivity index is 2.08. The van der Waals surface area contributed by atoms with Gasteiger partial charge in [0.2, 0.25) is 0 Å². The SMILES string of the molecule is CC(Nc1cccc(Oc2ccccc2)c1)C(N)=NO. The number of nitrogens with zero attached hydrogens (tertiary/aromatic N) is 1. The molecule has 0 amide bonds. The molecule has 0 fully saturated rings. The second kappa shape index (κ2) is 6.47. The first-order chi connectivity index (χ1) is 9.69. The fraction of sp³-hybridized carbons (Fsp3) is 0.133. The molecule has 0 aromatic heterocycles. The van der Waals surface area contributed by atoms with Crippen molar-refractivity contribution in [3.8, 4) is 11.5 Å². The van der Waals surface area contributed by atoms with Crippen molar-refractivity contribution in [1.82, 2.24) is 0 Å². The minimum absolute atomic E-state index is 0.124. The lowest BCUT2D eigenvalue weighted by Crippen LogP contribution is -2.32. The average Bonchev–Trinajstić information content (AvgIpc) is 2.47. The van der Waals surface area contributed by atoms with Gasteiger partial charge in [-0.25, -0.2) is 0 Å². The molecule has 0 heterocycles. The van der Waals surface area contributed by atoms with Crippen LogP contribution in [-0.4, -0.2) is 17.1 Å². The van der Waals surface area contributed by atoms with Crippen LogP contribution in [0.4, 0.5) is 5.69 Å². The zero-order valence-corrected chi connectivity index (χ0v) is 11.2. The molecule has 2 rings (SSSR count). The molecule has 20 heavy (non-hydrogen) atoms. The van der Waals surface area contributed by atoms with E-state index in [-0.39, 0.29) is 11.9 Å². The molecule has 5 nitrogen and oxygen atoms in total. The standard InChI is InChI=1S/C15H17N3O2/c1-11(15(16)18-19)17-12-6-5-9-14(10-12)20-13-7-3-2-4-8-13/h2-11,17,19H,1H3,(H2,16,18). The summed E-state index contributed by atoms with van der Waals surface area (Å²) in [5, 5.41) is 14.7. The van der Waals surface area contributed by atoms with Crippen LogP contribution in [0.15, 0.2) is 59.8 Å². The number of anilines is 1. The fourth-order valence-corrected chi connectivity index (χ4v) is 1.68. The Hall–Kier alpha value is -2.69. The Labute approximate surface area is 117 Å². The topological polar surface area (TPSA) is 79.9 Å².